The summed E-state index contributed by atoms with van der Waals surface area (Å²) in [4.78, 5) is 15.9. The first kappa shape index (κ1) is 13.6. The SMILES string of the molecule is Nc1ccc(NCCNC(=O)C2CCCCC2)cn1. The van der Waals surface area contributed by atoms with Crippen LogP contribution in [0.15, 0.2) is 18.3 Å². The minimum Gasteiger partial charge on any atom is -0.384 e. The summed E-state index contributed by atoms with van der Waals surface area (Å²) in [5.74, 6) is 0.944. The largest absolute Gasteiger partial charge is 0.384 e. The summed E-state index contributed by atoms with van der Waals surface area (Å²) < 4.78 is 0. The number of hydrogen-bond acceptors (Lipinski definition) is 4. The van der Waals surface area contributed by atoms with Crippen LogP contribution in [0.2, 0.25) is 0 Å². The van der Waals surface area contributed by atoms with E-state index in [4.69, 9.17) is 5.73 Å². The Labute approximate surface area is 114 Å². The van der Waals surface area contributed by atoms with Crippen LogP contribution in [0.5, 0.6) is 0 Å². The normalized spacial score (nSPS) is 16.0. The van der Waals surface area contributed by atoms with E-state index >= 15 is 0 Å². The molecule has 4 N–H and O–H groups in total. The number of hydrogen-bond donors (Lipinski definition) is 3. The van der Waals surface area contributed by atoms with Gasteiger partial charge in [-0.15, -0.1) is 0 Å². The molecule has 1 heterocycles. The molecule has 0 aromatic carbocycles. The van der Waals surface area contributed by atoms with E-state index in [0.717, 1.165) is 18.5 Å². The highest BCUT2D eigenvalue weighted by atomic mass is 16.1. The summed E-state index contributed by atoms with van der Waals surface area (Å²) in [7, 11) is 0. The first-order chi connectivity index (χ1) is 9.25. The highest BCUT2D eigenvalue weighted by molar-refractivity contribution is 5.78. The van der Waals surface area contributed by atoms with E-state index in [2.05, 4.69) is 15.6 Å². The number of carbonyl (C=O) groups excluding carboxylic acids is 1. The lowest BCUT2D eigenvalue weighted by atomic mass is 9.89. The predicted octanol–water partition coefficient (Wildman–Crippen LogP) is 1.77. The smallest absolute Gasteiger partial charge is 0.223 e. The molecular formula is C14H22N4O. The zero-order valence-electron chi connectivity index (χ0n) is 11.2. The van der Waals surface area contributed by atoms with Crippen LogP contribution >= 0.6 is 0 Å². The molecule has 1 aromatic rings. The summed E-state index contributed by atoms with van der Waals surface area (Å²) >= 11 is 0. The molecule has 2 rings (SSSR count). The van der Waals surface area contributed by atoms with E-state index in [1.807, 2.05) is 6.07 Å². The van der Waals surface area contributed by atoms with E-state index in [1.165, 1.54) is 19.3 Å². The topological polar surface area (TPSA) is 80.0 Å². The Bertz CT molecular complexity index is 398. The summed E-state index contributed by atoms with van der Waals surface area (Å²) in [6.45, 7) is 1.34. The second kappa shape index (κ2) is 6.97. The average molecular weight is 262 g/mol. The number of aromatic nitrogens is 1. The lowest BCUT2D eigenvalue weighted by Crippen LogP contribution is -2.34. The molecule has 104 valence electrons. The number of nitrogens with one attached hydrogen (secondary N) is 2. The van der Waals surface area contributed by atoms with Crippen molar-refractivity contribution in [3.05, 3.63) is 18.3 Å². The highest BCUT2D eigenvalue weighted by Crippen LogP contribution is 2.23. The Morgan fingerprint density at radius 1 is 1.26 bits per heavy atom. The van der Waals surface area contributed by atoms with Crippen LogP contribution in [0, 0.1) is 5.92 Å². The molecule has 1 saturated carbocycles. The van der Waals surface area contributed by atoms with Gasteiger partial charge in [0.1, 0.15) is 5.82 Å². The quantitative estimate of drug-likeness (QED) is 0.707. The predicted molar refractivity (Wildman–Crippen MR) is 76.7 cm³/mol. The van der Waals surface area contributed by atoms with Crippen molar-refractivity contribution in [1.29, 1.82) is 0 Å². The van der Waals surface area contributed by atoms with Gasteiger partial charge in [0.2, 0.25) is 5.91 Å². The number of pyridine rings is 1. The standard InChI is InChI=1S/C14H22N4O/c15-13-7-6-12(10-18-13)16-8-9-17-14(19)11-4-2-1-3-5-11/h6-7,10-11,16H,1-5,8-9H2,(H2,15,18)(H,17,19). The molecule has 0 saturated heterocycles. The summed E-state index contributed by atoms with van der Waals surface area (Å²) in [5, 5.41) is 6.18. The van der Waals surface area contributed by atoms with Crippen LogP contribution in [0.3, 0.4) is 0 Å². The van der Waals surface area contributed by atoms with Gasteiger partial charge in [-0.1, -0.05) is 19.3 Å². The average Bonchev–Trinajstić information content (AvgIpc) is 2.46. The van der Waals surface area contributed by atoms with Crippen molar-refractivity contribution in [2.45, 2.75) is 32.1 Å². The molecule has 5 heteroatoms. The minimum atomic E-state index is 0.205. The van der Waals surface area contributed by atoms with Crippen molar-refractivity contribution in [2.75, 3.05) is 24.1 Å². The van der Waals surface area contributed by atoms with Gasteiger partial charge in [0.05, 0.1) is 11.9 Å². The van der Waals surface area contributed by atoms with Gasteiger partial charge in [0.25, 0.3) is 0 Å². The molecular weight excluding hydrogens is 240 g/mol. The molecule has 19 heavy (non-hydrogen) atoms. The number of rotatable bonds is 5. The van der Waals surface area contributed by atoms with E-state index in [1.54, 1.807) is 12.3 Å². The number of amides is 1. The first-order valence-electron chi connectivity index (χ1n) is 6.99. The maximum atomic E-state index is 11.9. The van der Waals surface area contributed by atoms with Crippen molar-refractivity contribution >= 4 is 17.4 Å². The number of nitrogen functional groups attached to an aromatic ring is 1. The molecule has 1 aromatic heterocycles. The fourth-order valence-corrected chi connectivity index (χ4v) is 2.41. The second-order valence-electron chi connectivity index (χ2n) is 5.02. The first-order valence-corrected chi connectivity index (χ1v) is 6.99. The molecule has 0 spiro atoms. The van der Waals surface area contributed by atoms with Crippen LogP contribution in [0.25, 0.3) is 0 Å². The van der Waals surface area contributed by atoms with Crippen molar-refractivity contribution < 1.29 is 4.79 Å². The molecule has 5 nitrogen and oxygen atoms in total. The van der Waals surface area contributed by atoms with Crippen LogP contribution in [-0.2, 0) is 4.79 Å². The van der Waals surface area contributed by atoms with Crippen molar-refractivity contribution in [3.8, 4) is 0 Å². The Morgan fingerprint density at radius 3 is 2.74 bits per heavy atom. The van der Waals surface area contributed by atoms with Crippen LogP contribution in [0.4, 0.5) is 11.5 Å². The molecule has 1 aliphatic carbocycles. The van der Waals surface area contributed by atoms with Crippen molar-refractivity contribution in [2.24, 2.45) is 5.92 Å². The van der Waals surface area contributed by atoms with Gasteiger partial charge >= 0.3 is 0 Å². The molecule has 1 aliphatic rings. The van der Waals surface area contributed by atoms with Crippen LogP contribution < -0.4 is 16.4 Å². The molecule has 0 radical (unpaired) electrons. The van der Waals surface area contributed by atoms with Gasteiger partial charge in [-0.2, -0.15) is 0 Å². The van der Waals surface area contributed by atoms with Crippen molar-refractivity contribution in [1.82, 2.24) is 10.3 Å². The molecule has 0 unspecified atom stereocenters. The van der Waals surface area contributed by atoms with E-state index < -0.39 is 0 Å². The fraction of sp³-hybridized carbons (Fsp3) is 0.571. The third-order valence-electron chi connectivity index (χ3n) is 3.52. The minimum absolute atomic E-state index is 0.205. The summed E-state index contributed by atoms with van der Waals surface area (Å²) in [6, 6.07) is 3.63. The van der Waals surface area contributed by atoms with Gasteiger partial charge in [0.15, 0.2) is 0 Å². The summed E-state index contributed by atoms with van der Waals surface area (Å²) in [5.41, 5.74) is 6.43. The summed E-state index contributed by atoms with van der Waals surface area (Å²) in [6.07, 6.45) is 7.43. The Kier molecular flexibility index (Phi) is 5.01. The monoisotopic (exact) mass is 262 g/mol. The van der Waals surface area contributed by atoms with Gasteiger partial charge < -0.3 is 16.4 Å². The van der Waals surface area contributed by atoms with E-state index in [0.29, 0.717) is 18.9 Å². The molecule has 0 bridgehead atoms. The number of carbonyl (C=O) groups is 1. The third kappa shape index (κ3) is 4.43. The zero-order chi connectivity index (χ0) is 13.5. The Hall–Kier alpha value is -1.78. The number of nitrogens with two attached hydrogens (primary N) is 1. The van der Waals surface area contributed by atoms with Crippen LogP contribution in [-0.4, -0.2) is 24.0 Å². The Morgan fingerprint density at radius 2 is 2.05 bits per heavy atom. The van der Waals surface area contributed by atoms with Gasteiger partial charge in [0, 0.05) is 19.0 Å². The lowest BCUT2D eigenvalue weighted by Gasteiger charge is -2.20. The molecule has 0 atom stereocenters. The number of nitrogens with zero attached hydrogens (tertiary/aromatic N) is 1. The molecule has 1 amide bonds. The zero-order valence-corrected chi connectivity index (χ0v) is 11.2. The third-order valence-corrected chi connectivity index (χ3v) is 3.52. The maximum Gasteiger partial charge on any atom is 0.223 e. The lowest BCUT2D eigenvalue weighted by molar-refractivity contribution is -0.125. The van der Waals surface area contributed by atoms with E-state index in [9.17, 15) is 4.79 Å². The van der Waals surface area contributed by atoms with Gasteiger partial charge in [-0.3, -0.25) is 4.79 Å². The molecule has 0 aliphatic heterocycles. The highest BCUT2D eigenvalue weighted by Gasteiger charge is 2.20. The van der Waals surface area contributed by atoms with Crippen molar-refractivity contribution in [3.63, 3.8) is 0 Å². The van der Waals surface area contributed by atoms with Crippen LogP contribution in [0.1, 0.15) is 32.1 Å². The Balaban J connectivity index is 1.63. The van der Waals surface area contributed by atoms with Gasteiger partial charge in [-0.25, -0.2) is 4.98 Å². The number of anilines is 2. The second-order valence-corrected chi connectivity index (χ2v) is 5.02. The maximum absolute atomic E-state index is 11.9. The van der Waals surface area contributed by atoms with E-state index in [-0.39, 0.29) is 11.8 Å². The van der Waals surface area contributed by atoms with Gasteiger partial charge in [-0.05, 0) is 25.0 Å². The molecule has 1 fully saturated rings. The fourth-order valence-electron chi connectivity index (χ4n) is 2.41.